The number of pyridine rings is 1. The predicted octanol–water partition coefficient (Wildman–Crippen LogP) is 1.86. The Kier molecular flexibility index (Phi) is 2.71. The smallest absolute Gasteiger partial charge is 0.261 e. The van der Waals surface area contributed by atoms with Gasteiger partial charge in [0.15, 0.2) is 5.13 Å². The molecule has 92 valence electrons. The maximum absolute atomic E-state index is 12.0. The highest BCUT2D eigenvalue weighted by Crippen LogP contribution is 2.30. The van der Waals surface area contributed by atoms with Gasteiger partial charge in [-0.25, -0.2) is 9.97 Å². The first-order valence-corrected chi connectivity index (χ1v) is 6.56. The van der Waals surface area contributed by atoms with Crippen molar-refractivity contribution >= 4 is 28.2 Å². The largest absolute Gasteiger partial charge is 0.383 e. The second-order valence-corrected chi connectivity index (χ2v) is 5.22. The number of nitrogens with one attached hydrogen (secondary N) is 1. The normalized spacial score (nSPS) is 13.3. The first-order valence-electron chi connectivity index (χ1n) is 5.74. The van der Waals surface area contributed by atoms with E-state index in [4.69, 9.17) is 5.73 Å². The number of aryl methyl sites for hydroxylation is 2. The van der Waals surface area contributed by atoms with Crippen molar-refractivity contribution in [3.63, 3.8) is 0 Å². The zero-order valence-electron chi connectivity index (χ0n) is 9.64. The van der Waals surface area contributed by atoms with Crippen molar-refractivity contribution in [3.8, 4) is 0 Å². The standard InChI is InChI=1S/C12H12N4OS/c13-10-7(3-2-6-14-10)11(17)16-12-15-8-4-1-5-9(8)18-12/h2-3,6H,1,4-5H2,(H2,13,14)(H,15,16,17). The van der Waals surface area contributed by atoms with Gasteiger partial charge in [0.05, 0.1) is 11.3 Å². The molecule has 0 saturated heterocycles. The number of hydrogen-bond acceptors (Lipinski definition) is 5. The van der Waals surface area contributed by atoms with E-state index < -0.39 is 0 Å². The molecule has 0 aliphatic heterocycles. The maximum Gasteiger partial charge on any atom is 0.261 e. The lowest BCUT2D eigenvalue weighted by Gasteiger charge is -2.03. The molecule has 0 fully saturated rings. The molecule has 1 aliphatic carbocycles. The van der Waals surface area contributed by atoms with E-state index in [2.05, 4.69) is 15.3 Å². The van der Waals surface area contributed by atoms with Crippen LogP contribution in [0.1, 0.15) is 27.3 Å². The van der Waals surface area contributed by atoms with Crippen LogP contribution in [0.5, 0.6) is 0 Å². The van der Waals surface area contributed by atoms with Crippen molar-refractivity contribution in [2.45, 2.75) is 19.3 Å². The van der Waals surface area contributed by atoms with E-state index >= 15 is 0 Å². The molecule has 0 spiro atoms. The Morgan fingerprint density at radius 2 is 2.33 bits per heavy atom. The van der Waals surface area contributed by atoms with Gasteiger partial charge < -0.3 is 5.73 Å². The van der Waals surface area contributed by atoms with Crippen LogP contribution in [-0.4, -0.2) is 15.9 Å². The Morgan fingerprint density at radius 3 is 3.11 bits per heavy atom. The fourth-order valence-corrected chi connectivity index (χ4v) is 3.06. The SMILES string of the molecule is Nc1ncccc1C(=O)Nc1nc2c(s1)CCC2. The summed E-state index contributed by atoms with van der Waals surface area (Å²) in [6.07, 6.45) is 4.80. The van der Waals surface area contributed by atoms with Crippen molar-refractivity contribution in [3.05, 3.63) is 34.5 Å². The molecule has 0 saturated carbocycles. The van der Waals surface area contributed by atoms with Gasteiger partial charge in [0.2, 0.25) is 0 Å². The number of carbonyl (C=O) groups is 1. The third-order valence-electron chi connectivity index (χ3n) is 2.90. The van der Waals surface area contributed by atoms with E-state index in [1.165, 1.54) is 4.88 Å². The van der Waals surface area contributed by atoms with E-state index in [1.54, 1.807) is 29.7 Å². The topological polar surface area (TPSA) is 80.9 Å². The number of fused-ring (bicyclic) bond motifs is 1. The molecule has 6 heteroatoms. The molecule has 0 aromatic carbocycles. The summed E-state index contributed by atoms with van der Waals surface area (Å²) in [6.45, 7) is 0. The monoisotopic (exact) mass is 260 g/mol. The Labute approximate surface area is 108 Å². The van der Waals surface area contributed by atoms with Crippen LogP contribution in [-0.2, 0) is 12.8 Å². The number of carbonyl (C=O) groups excluding carboxylic acids is 1. The van der Waals surface area contributed by atoms with Gasteiger partial charge in [0.25, 0.3) is 5.91 Å². The molecule has 5 nitrogen and oxygen atoms in total. The van der Waals surface area contributed by atoms with Crippen LogP contribution in [0, 0.1) is 0 Å². The summed E-state index contributed by atoms with van der Waals surface area (Å²) in [5, 5.41) is 3.42. The van der Waals surface area contributed by atoms with Crippen LogP contribution in [0.4, 0.5) is 10.9 Å². The molecule has 1 aliphatic rings. The van der Waals surface area contributed by atoms with Crippen LogP contribution in [0.15, 0.2) is 18.3 Å². The van der Waals surface area contributed by atoms with Gasteiger partial charge in [-0.2, -0.15) is 0 Å². The first kappa shape index (κ1) is 11.2. The van der Waals surface area contributed by atoms with Gasteiger partial charge in [-0.05, 0) is 31.4 Å². The van der Waals surface area contributed by atoms with Crippen molar-refractivity contribution < 1.29 is 4.79 Å². The molecule has 18 heavy (non-hydrogen) atoms. The molecular formula is C12H12N4OS. The molecule has 0 unspecified atom stereocenters. The fourth-order valence-electron chi connectivity index (χ4n) is 2.02. The van der Waals surface area contributed by atoms with Gasteiger partial charge in [-0.1, -0.05) is 0 Å². The van der Waals surface area contributed by atoms with Crippen molar-refractivity contribution in [2.75, 3.05) is 11.1 Å². The van der Waals surface area contributed by atoms with Crippen LogP contribution in [0.3, 0.4) is 0 Å². The fraction of sp³-hybridized carbons (Fsp3) is 0.250. The minimum absolute atomic E-state index is 0.235. The van der Waals surface area contributed by atoms with Gasteiger partial charge >= 0.3 is 0 Å². The number of nitrogens with zero attached hydrogens (tertiary/aromatic N) is 2. The average Bonchev–Trinajstić information content (AvgIpc) is 2.90. The number of nitrogens with two attached hydrogens (primary N) is 1. The van der Waals surface area contributed by atoms with E-state index in [9.17, 15) is 4.79 Å². The second-order valence-electron chi connectivity index (χ2n) is 4.13. The Bertz CT molecular complexity index is 586. The lowest BCUT2D eigenvalue weighted by atomic mass is 10.2. The summed E-state index contributed by atoms with van der Waals surface area (Å²) in [5.74, 6) is -0.0212. The lowest BCUT2D eigenvalue weighted by Crippen LogP contribution is -2.14. The molecule has 3 N–H and O–H groups in total. The molecule has 3 rings (SSSR count). The lowest BCUT2D eigenvalue weighted by molar-refractivity contribution is 0.102. The van der Waals surface area contributed by atoms with E-state index in [-0.39, 0.29) is 11.7 Å². The third kappa shape index (κ3) is 1.95. The molecule has 0 radical (unpaired) electrons. The number of aromatic nitrogens is 2. The van der Waals surface area contributed by atoms with Gasteiger partial charge in [0, 0.05) is 11.1 Å². The molecule has 1 amide bonds. The average molecular weight is 260 g/mol. The number of rotatable bonds is 2. The predicted molar refractivity (Wildman–Crippen MR) is 70.7 cm³/mol. The van der Waals surface area contributed by atoms with Gasteiger partial charge in [-0.15, -0.1) is 11.3 Å². The van der Waals surface area contributed by atoms with Crippen molar-refractivity contribution in [1.82, 2.24) is 9.97 Å². The highest BCUT2D eigenvalue weighted by molar-refractivity contribution is 7.16. The third-order valence-corrected chi connectivity index (χ3v) is 3.97. The Balaban J connectivity index is 1.80. The van der Waals surface area contributed by atoms with Crippen LogP contribution >= 0.6 is 11.3 Å². The van der Waals surface area contributed by atoms with Crippen LogP contribution in [0.2, 0.25) is 0 Å². The summed E-state index contributed by atoms with van der Waals surface area (Å²) in [7, 11) is 0. The Morgan fingerprint density at radius 1 is 1.44 bits per heavy atom. The van der Waals surface area contributed by atoms with E-state index in [0.717, 1.165) is 25.0 Å². The van der Waals surface area contributed by atoms with Gasteiger partial charge in [-0.3, -0.25) is 10.1 Å². The molecule has 0 bridgehead atoms. The number of thiazole rings is 1. The van der Waals surface area contributed by atoms with E-state index in [0.29, 0.717) is 10.7 Å². The maximum atomic E-state index is 12.0. The number of nitrogen functional groups attached to an aromatic ring is 1. The number of amides is 1. The summed E-state index contributed by atoms with van der Waals surface area (Å²) in [6, 6.07) is 3.34. The molecule has 2 aromatic heterocycles. The van der Waals surface area contributed by atoms with Gasteiger partial charge in [0.1, 0.15) is 5.82 Å². The zero-order valence-corrected chi connectivity index (χ0v) is 10.5. The molecular weight excluding hydrogens is 248 g/mol. The summed E-state index contributed by atoms with van der Waals surface area (Å²) < 4.78 is 0. The summed E-state index contributed by atoms with van der Waals surface area (Å²) in [5.41, 5.74) is 7.16. The Hall–Kier alpha value is -1.95. The van der Waals surface area contributed by atoms with Crippen molar-refractivity contribution in [2.24, 2.45) is 0 Å². The molecule has 2 aromatic rings. The molecule has 0 atom stereocenters. The minimum Gasteiger partial charge on any atom is -0.383 e. The second kappa shape index (κ2) is 4.38. The van der Waals surface area contributed by atoms with Crippen LogP contribution < -0.4 is 11.1 Å². The van der Waals surface area contributed by atoms with Crippen molar-refractivity contribution in [1.29, 1.82) is 0 Å². The summed E-state index contributed by atoms with van der Waals surface area (Å²) in [4.78, 5) is 21.6. The number of hydrogen-bond donors (Lipinski definition) is 2. The molecule has 2 heterocycles. The number of anilines is 2. The summed E-state index contributed by atoms with van der Waals surface area (Å²) >= 11 is 1.55. The van der Waals surface area contributed by atoms with Crippen LogP contribution in [0.25, 0.3) is 0 Å². The zero-order chi connectivity index (χ0) is 12.5. The quantitative estimate of drug-likeness (QED) is 0.863. The highest BCUT2D eigenvalue weighted by atomic mass is 32.1. The minimum atomic E-state index is -0.256. The highest BCUT2D eigenvalue weighted by Gasteiger charge is 2.18. The van der Waals surface area contributed by atoms with E-state index in [1.807, 2.05) is 0 Å². The first-order chi connectivity index (χ1) is 8.74.